The van der Waals surface area contributed by atoms with E-state index in [2.05, 4.69) is 15.3 Å². The van der Waals surface area contributed by atoms with E-state index in [-0.39, 0.29) is 0 Å². The molecule has 2 rings (SSSR count). The molecule has 7 heteroatoms. The number of esters is 1. The summed E-state index contributed by atoms with van der Waals surface area (Å²) in [6.07, 6.45) is 1.35. The average molecular weight is 295 g/mol. The van der Waals surface area contributed by atoms with Crippen LogP contribution in [0.4, 0.5) is 0 Å². The number of hydrogen-bond acceptors (Lipinski definition) is 7. The zero-order valence-corrected chi connectivity index (χ0v) is 12.5. The first-order chi connectivity index (χ1) is 10.3. The molecular formula is C14H21N3O4. The van der Waals surface area contributed by atoms with Gasteiger partial charge in [-0.25, -0.2) is 14.8 Å². The molecule has 0 bridgehead atoms. The third-order valence-corrected chi connectivity index (χ3v) is 3.26. The van der Waals surface area contributed by atoms with Gasteiger partial charge in [-0.15, -0.1) is 0 Å². The first-order valence-electron chi connectivity index (χ1n) is 7.00. The molecule has 1 aliphatic rings. The van der Waals surface area contributed by atoms with Crippen LogP contribution in [-0.4, -0.2) is 56.5 Å². The van der Waals surface area contributed by atoms with E-state index in [1.807, 2.05) is 0 Å². The van der Waals surface area contributed by atoms with Gasteiger partial charge >= 0.3 is 5.97 Å². The Labute approximate surface area is 124 Å². The van der Waals surface area contributed by atoms with Gasteiger partial charge < -0.3 is 19.5 Å². The highest BCUT2D eigenvalue weighted by molar-refractivity contribution is 5.89. The molecule has 1 aromatic rings. The van der Waals surface area contributed by atoms with Gasteiger partial charge in [0.2, 0.25) is 0 Å². The summed E-state index contributed by atoms with van der Waals surface area (Å²) in [7, 11) is 2.99. The van der Waals surface area contributed by atoms with E-state index in [1.54, 1.807) is 7.11 Å². The fourth-order valence-corrected chi connectivity index (χ4v) is 2.18. The summed E-state index contributed by atoms with van der Waals surface area (Å²) in [5.41, 5.74) is 2.13. The molecule has 1 N–H and O–H groups in total. The van der Waals surface area contributed by atoms with Crippen LogP contribution in [0.25, 0.3) is 0 Å². The van der Waals surface area contributed by atoms with E-state index < -0.39 is 5.97 Å². The smallest absolute Gasteiger partial charge is 0.357 e. The van der Waals surface area contributed by atoms with Crippen LogP contribution in [0.15, 0.2) is 0 Å². The summed E-state index contributed by atoms with van der Waals surface area (Å²) in [5, 5.41) is 3.22. The van der Waals surface area contributed by atoms with Crippen molar-refractivity contribution in [1.29, 1.82) is 0 Å². The molecule has 0 radical (unpaired) electrons. The quantitative estimate of drug-likeness (QED) is 0.565. The van der Waals surface area contributed by atoms with E-state index in [0.29, 0.717) is 44.3 Å². The molecule has 0 aromatic carbocycles. The number of hydrogen-bond donors (Lipinski definition) is 1. The van der Waals surface area contributed by atoms with Gasteiger partial charge in [0.05, 0.1) is 32.6 Å². The van der Waals surface area contributed by atoms with Crippen molar-refractivity contribution in [3.8, 4) is 0 Å². The van der Waals surface area contributed by atoms with Crippen molar-refractivity contribution in [1.82, 2.24) is 15.3 Å². The number of carbonyl (C=O) groups is 1. The number of nitrogens with one attached hydrogen (secondary N) is 1. The molecule has 0 amide bonds. The Balaban J connectivity index is 2.09. The molecular weight excluding hydrogens is 274 g/mol. The van der Waals surface area contributed by atoms with Crippen LogP contribution >= 0.6 is 0 Å². The number of rotatable bonds is 7. The normalized spacial score (nSPS) is 13.8. The van der Waals surface area contributed by atoms with Crippen LogP contribution in [-0.2, 0) is 33.6 Å². The summed E-state index contributed by atoms with van der Waals surface area (Å²) in [5.74, 6) is 0.201. The predicted molar refractivity (Wildman–Crippen MR) is 75.2 cm³/mol. The highest BCUT2D eigenvalue weighted by Gasteiger charge is 2.22. The van der Waals surface area contributed by atoms with Crippen molar-refractivity contribution < 1.29 is 19.0 Å². The molecule has 0 saturated heterocycles. The molecule has 0 unspecified atom stereocenters. The first-order valence-corrected chi connectivity index (χ1v) is 7.00. The second-order valence-electron chi connectivity index (χ2n) is 4.69. The monoisotopic (exact) mass is 295 g/mol. The zero-order valence-electron chi connectivity index (χ0n) is 12.5. The Morgan fingerprint density at radius 2 is 2.10 bits per heavy atom. The Morgan fingerprint density at radius 3 is 2.86 bits per heavy atom. The highest BCUT2D eigenvalue weighted by atomic mass is 16.5. The van der Waals surface area contributed by atoms with Gasteiger partial charge in [-0.05, 0) is 0 Å². The maximum atomic E-state index is 11.9. The van der Waals surface area contributed by atoms with Crippen LogP contribution in [0, 0.1) is 0 Å². The van der Waals surface area contributed by atoms with Crippen molar-refractivity contribution in [2.45, 2.75) is 19.4 Å². The molecule has 1 aliphatic heterocycles. The molecule has 0 aliphatic carbocycles. The summed E-state index contributed by atoms with van der Waals surface area (Å²) in [6.45, 7) is 3.05. The van der Waals surface area contributed by atoms with E-state index in [4.69, 9.17) is 14.2 Å². The van der Waals surface area contributed by atoms with Gasteiger partial charge in [-0.2, -0.15) is 0 Å². The van der Waals surface area contributed by atoms with Gasteiger partial charge in [-0.1, -0.05) is 0 Å². The van der Waals surface area contributed by atoms with E-state index in [1.165, 1.54) is 7.11 Å². The number of carbonyl (C=O) groups excluding carboxylic acids is 1. The van der Waals surface area contributed by atoms with Gasteiger partial charge in [-0.3, -0.25) is 0 Å². The lowest BCUT2D eigenvalue weighted by Gasteiger charge is -2.19. The standard InChI is InChI=1S/C14H21N3O4/c1-19-7-8-21-6-4-12-16-11-3-5-15-9-10(11)13(17-12)14(18)20-2/h15H,3-9H2,1-2H3. The van der Waals surface area contributed by atoms with Crippen molar-refractivity contribution in [2.24, 2.45) is 0 Å². The van der Waals surface area contributed by atoms with Crippen molar-refractivity contribution in [2.75, 3.05) is 40.6 Å². The van der Waals surface area contributed by atoms with E-state index in [0.717, 1.165) is 24.2 Å². The van der Waals surface area contributed by atoms with Gasteiger partial charge in [0.25, 0.3) is 0 Å². The third-order valence-electron chi connectivity index (χ3n) is 3.26. The van der Waals surface area contributed by atoms with Crippen LogP contribution in [0.2, 0.25) is 0 Å². The van der Waals surface area contributed by atoms with E-state index >= 15 is 0 Å². The second-order valence-corrected chi connectivity index (χ2v) is 4.69. The third kappa shape index (κ3) is 4.20. The minimum Gasteiger partial charge on any atom is -0.464 e. The maximum Gasteiger partial charge on any atom is 0.357 e. The Bertz CT molecular complexity index is 493. The van der Waals surface area contributed by atoms with Crippen molar-refractivity contribution >= 4 is 5.97 Å². The maximum absolute atomic E-state index is 11.9. The summed E-state index contributed by atoms with van der Waals surface area (Å²) in [4.78, 5) is 20.7. The number of ether oxygens (including phenoxy) is 3. The van der Waals surface area contributed by atoms with Crippen LogP contribution in [0.5, 0.6) is 0 Å². The lowest BCUT2D eigenvalue weighted by molar-refractivity contribution is 0.0589. The Kier molecular flexibility index (Phi) is 6.04. The minimum absolute atomic E-state index is 0.363. The van der Waals surface area contributed by atoms with Crippen LogP contribution < -0.4 is 5.32 Å². The lowest BCUT2D eigenvalue weighted by atomic mass is 10.0. The number of fused-ring (bicyclic) bond motifs is 1. The second kappa shape index (κ2) is 8.02. The van der Waals surface area contributed by atoms with Crippen LogP contribution in [0.3, 0.4) is 0 Å². The molecule has 0 atom stereocenters. The van der Waals surface area contributed by atoms with Crippen LogP contribution in [0.1, 0.15) is 27.6 Å². The molecule has 0 spiro atoms. The summed E-state index contributed by atoms with van der Waals surface area (Å²) >= 11 is 0. The fraction of sp³-hybridized carbons (Fsp3) is 0.643. The van der Waals surface area contributed by atoms with Gasteiger partial charge in [0.15, 0.2) is 5.69 Å². The zero-order chi connectivity index (χ0) is 15.1. The number of aromatic nitrogens is 2. The molecule has 1 aromatic heterocycles. The van der Waals surface area contributed by atoms with E-state index in [9.17, 15) is 4.79 Å². The van der Waals surface area contributed by atoms with Crippen molar-refractivity contribution in [3.05, 3.63) is 22.8 Å². The molecule has 2 heterocycles. The first kappa shape index (κ1) is 15.8. The predicted octanol–water partition coefficient (Wildman–Crippen LogP) is 0.114. The SMILES string of the molecule is COCCOCCc1nc2c(c(C(=O)OC)n1)CNCC2. The molecule has 7 nitrogen and oxygen atoms in total. The van der Waals surface area contributed by atoms with Gasteiger partial charge in [0.1, 0.15) is 5.82 Å². The minimum atomic E-state index is -0.418. The fourth-order valence-electron chi connectivity index (χ4n) is 2.18. The molecule has 21 heavy (non-hydrogen) atoms. The lowest BCUT2D eigenvalue weighted by Crippen LogP contribution is -2.29. The largest absolute Gasteiger partial charge is 0.464 e. The Morgan fingerprint density at radius 1 is 1.24 bits per heavy atom. The van der Waals surface area contributed by atoms with Crippen molar-refractivity contribution in [3.63, 3.8) is 0 Å². The molecule has 0 fully saturated rings. The Hall–Kier alpha value is -1.57. The summed E-state index contributed by atoms with van der Waals surface area (Å²) < 4.78 is 15.1. The molecule has 0 saturated carbocycles. The topological polar surface area (TPSA) is 82.6 Å². The average Bonchev–Trinajstić information content (AvgIpc) is 2.53. The highest BCUT2D eigenvalue weighted by Crippen LogP contribution is 2.16. The molecule has 116 valence electrons. The number of methoxy groups -OCH3 is 2. The number of nitrogens with zero attached hydrogens (tertiary/aromatic N) is 2. The summed E-state index contributed by atoms with van der Waals surface area (Å²) in [6, 6.07) is 0. The van der Waals surface area contributed by atoms with Gasteiger partial charge in [0, 0.05) is 38.6 Å².